The molecule has 0 spiro atoms. The summed E-state index contributed by atoms with van der Waals surface area (Å²) in [6.07, 6.45) is 1.35. The fourth-order valence-electron chi connectivity index (χ4n) is 2.17. The molecule has 1 aliphatic rings. The van der Waals surface area contributed by atoms with Crippen molar-refractivity contribution >= 4 is 11.6 Å². The number of carbonyl (C=O) groups is 1. The Morgan fingerprint density at radius 1 is 1.39 bits per heavy atom. The van der Waals surface area contributed by atoms with E-state index >= 15 is 0 Å². The number of benzene rings is 1. The fraction of sp³-hybridized carbons (Fsp3) is 0.462. The van der Waals surface area contributed by atoms with Crippen LogP contribution in [0.15, 0.2) is 24.3 Å². The number of hydrogen-bond donors (Lipinski definition) is 1. The molecule has 5 nitrogen and oxygen atoms in total. The molecule has 18 heavy (non-hydrogen) atoms. The summed E-state index contributed by atoms with van der Waals surface area (Å²) in [7, 11) is 1.64. The highest BCUT2D eigenvalue weighted by Gasteiger charge is 2.30. The Balaban J connectivity index is 2.22. The van der Waals surface area contributed by atoms with Crippen molar-refractivity contribution in [3.63, 3.8) is 0 Å². The van der Waals surface area contributed by atoms with Gasteiger partial charge in [-0.3, -0.25) is 14.8 Å². The van der Waals surface area contributed by atoms with Gasteiger partial charge in [0.15, 0.2) is 0 Å². The monoisotopic (exact) mass is 249 g/mol. The van der Waals surface area contributed by atoms with E-state index in [9.17, 15) is 4.79 Å². The van der Waals surface area contributed by atoms with Crippen LogP contribution >= 0.6 is 0 Å². The largest absolute Gasteiger partial charge is 0.495 e. The van der Waals surface area contributed by atoms with Gasteiger partial charge in [-0.1, -0.05) is 12.1 Å². The van der Waals surface area contributed by atoms with E-state index in [1.54, 1.807) is 12.1 Å². The molecule has 1 aromatic carbocycles. The van der Waals surface area contributed by atoms with Crippen molar-refractivity contribution in [2.75, 3.05) is 31.8 Å². The van der Waals surface area contributed by atoms with E-state index in [1.807, 2.05) is 29.3 Å². The molecule has 1 aromatic rings. The van der Waals surface area contributed by atoms with E-state index < -0.39 is 0 Å². The van der Waals surface area contributed by atoms with Gasteiger partial charge in [0.1, 0.15) is 5.75 Å². The van der Waals surface area contributed by atoms with Crippen LogP contribution in [0.2, 0.25) is 0 Å². The molecule has 5 heteroatoms. The van der Waals surface area contributed by atoms with Crippen molar-refractivity contribution in [2.45, 2.75) is 12.8 Å². The summed E-state index contributed by atoms with van der Waals surface area (Å²) in [6, 6.07) is 7.73. The van der Waals surface area contributed by atoms with Gasteiger partial charge >= 0.3 is 0 Å². The molecule has 0 unspecified atom stereocenters. The van der Waals surface area contributed by atoms with Gasteiger partial charge in [-0.25, -0.2) is 0 Å². The second kappa shape index (κ2) is 5.73. The quantitative estimate of drug-likeness (QED) is 0.845. The smallest absolute Gasteiger partial charge is 0.242 e. The summed E-state index contributed by atoms with van der Waals surface area (Å²) in [6.45, 7) is 1.95. The molecule has 1 amide bonds. The Morgan fingerprint density at radius 3 is 2.89 bits per heavy atom. The molecular formula is C13H19N3O2. The minimum absolute atomic E-state index is 0.148. The third-order valence-electron chi connectivity index (χ3n) is 3.05. The average Bonchev–Trinajstić information content (AvgIpc) is 2.77. The van der Waals surface area contributed by atoms with Gasteiger partial charge in [-0.15, -0.1) is 0 Å². The van der Waals surface area contributed by atoms with Crippen molar-refractivity contribution in [3.8, 4) is 5.75 Å². The van der Waals surface area contributed by atoms with E-state index in [4.69, 9.17) is 10.5 Å². The lowest BCUT2D eigenvalue weighted by molar-refractivity contribution is -0.128. The number of para-hydroxylation sites is 2. The molecule has 0 atom stereocenters. The number of amides is 1. The summed E-state index contributed by atoms with van der Waals surface area (Å²) in [5.41, 5.74) is 6.44. The maximum Gasteiger partial charge on any atom is 0.242 e. The lowest BCUT2D eigenvalue weighted by Gasteiger charge is -2.30. The van der Waals surface area contributed by atoms with Crippen LogP contribution in [-0.4, -0.2) is 37.7 Å². The third-order valence-corrected chi connectivity index (χ3v) is 3.05. The van der Waals surface area contributed by atoms with Gasteiger partial charge in [0.2, 0.25) is 5.91 Å². The number of methoxy groups -OCH3 is 1. The molecule has 1 fully saturated rings. The molecule has 2 rings (SSSR count). The summed E-state index contributed by atoms with van der Waals surface area (Å²) < 4.78 is 5.34. The maximum atomic E-state index is 11.9. The number of nitrogens with zero attached hydrogens (tertiary/aromatic N) is 2. The van der Waals surface area contributed by atoms with E-state index in [2.05, 4.69) is 0 Å². The van der Waals surface area contributed by atoms with Gasteiger partial charge in [-0.05, 0) is 25.1 Å². The Morgan fingerprint density at radius 2 is 2.17 bits per heavy atom. The van der Waals surface area contributed by atoms with Crippen molar-refractivity contribution in [2.24, 2.45) is 5.73 Å². The zero-order chi connectivity index (χ0) is 13.0. The lowest BCUT2D eigenvalue weighted by atomic mass is 10.3. The summed E-state index contributed by atoms with van der Waals surface area (Å²) in [4.78, 5) is 11.9. The highest BCUT2D eigenvalue weighted by Crippen LogP contribution is 2.31. The molecule has 0 saturated carbocycles. The minimum atomic E-state index is 0.148. The number of hydrazine groups is 1. The van der Waals surface area contributed by atoms with E-state index in [-0.39, 0.29) is 5.91 Å². The van der Waals surface area contributed by atoms with Crippen LogP contribution in [0, 0.1) is 0 Å². The number of anilines is 1. The van der Waals surface area contributed by atoms with E-state index in [0.29, 0.717) is 26.1 Å². The van der Waals surface area contributed by atoms with Gasteiger partial charge in [0.05, 0.1) is 12.8 Å². The Kier molecular flexibility index (Phi) is 4.04. The summed E-state index contributed by atoms with van der Waals surface area (Å²) >= 11 is 0. The number of ether oxygens (including phenoxy) is 1. The first-order chi connectivity index (χ1) is 8.77. The van der Waals surface area contributed by atoms with Crippen molar-refractivity contribution in [1.29, 1.82) is 0 Å². The molecule has 2 N–H and O–H groups in total. The Bertz CT molecular complexity index is 422. The van der Waals surface area contributed by atoms with Crippen LogP contribution in [0.25, 0.3) is 0 Å². The van der Waals surface area contributed by atoms with Crippen LogP contribution in [0.5, 0.6) is 5.75 Å². The van der Waals surface area contributed by atoms with Crippen LogP contribution in [-0.2, 0) is 4.79 Å². The second-order valence-electron chi connectivity index (χ2n) is 4.20. The van der Waals surface area contributed by atoms with E-state index in [0.717, 1.165) is 17.9 Å². The lowest BCUT2D eigenvalue weighted by Crippen LogP contribution is -2.40. The zero-order valence-corrected chi connectivity index (χ0v) is 10.6. The highest BCUT2D eigenvalue weighted by atomic mass is 16.5. The highest BCUT2D eigenvalue weighted by molar-refractivity contribution is 5.82. The van der Waals surface area contributed by atoms with E-state index in [1.165, 1.54) is 0 Å². The number of nitrogens with two attached hydrogens (primary N) is 1. The predicted octanol–water partition coefficient (Wildman–Crippen LogP) is 0.998. The summed E-state index contributed by atoms with van der Waals surface area (Å²) in [5, 5.41) is 3.75. The van der Waals surface area contributed by atoms with Gasteiger partial charge < -0.3 is 10.5 Å². The number of rotatable bonds is 5. The first-order valence-electron chi connectivity index (χ1n) is 6.19. The SMILES string of the molecule is COc1ccccc1N1CCC(=O)N1CCCN. The molecule has 98 valence electrons. The Hall–Kier alpha value is -1.75. The normalized spacial score (nSPS) is 15.3. The van der Waals surface area contributed by atoms with Crippen molar-refractivity contribution < 1.29 is 9.53 Å². The molecule has 1 saturated heterocycles. The molecular weight excluding hydrogens is 230 g/mol. The molecule has 0 aliphatic carbocycles. The van der Waals surface area contributed by atoms with Gasteiger partial charge in [0.25, 0.3) is 0 Å². The fourth-order valence-corrected chi connectivity index (χ4v) is 2.17. The first-order valence-corrected chi connectivity index (χ1v) is 6.19. The van der Waals surface area contributed by atoms with Crippen molar-refractivity contribution in [3.05, 3.63) is 24.3 Å². The maximum absolute atomic E-state index is 11.9. The molecule has 0 bridgehead atoms. The van der Waals surface area contributed by atoms with Gasteiger partial charge in [0, 0.05) is 19.5 Å². The molecule has 0 aromatic heterocycles. The topological polar surface area (TPSA) is 58.8 Å². The predicted molar refractivity (Wildman–Crippen MR) is 70.3 cm³/mol. The Labute approximate surface area is 107 Å². The molecule has 1 heterocycles. The molecule has 0 radical (unpaired) electrons. The number of carbonyl (C=O) groups excluding carboxylic acids is 1. The average molecular weight is 249 g/mol. The van der Waals surface area contributed by atoms with Crippen molar-refractivity contribution in [1.82, 2.24) is 5.01 Å². The first kappa shape index (κ1) is 12.7. The van der Waals surface area contributed by atoms with Crippen LogP contribution in [0.1, 0.15) is 12.8 Å². The van der Waals surface area contributed by atoms with Gasteiger partial charge in [-0.2, -0.15) is 0 Å². The minimum Gasteiger partial charge on any atom is -0.495 e. The van der Waals surface area contributed by atoms with Crippen LogP contribution < -0.4 is 15.5 Å². The van der Waals surface area contributed by atoms with Crippen LogP contribution in [0.3, 0.4) is 0 Å². The second-order valence-corrected chi connectivity index (χ2v) is 4.20. The standard InChI is InChI=1S/C13H19N3O2/c1-18-12-6-3-2-5-11(12)15-10-7-13(17)16(15)9-4-8-14/h2-3,5-6H,4,7-10,14H2,1H3. The zero-order valence-electron chi connectivity index (χ0n) is 10.6. The molecule has 1 aliphatic heterocycles. The third kappa shape index (κ3) is 2.41. The number of hydrogen-bond acceptors (Lipinski definition) is 4. The van der Waals surface area contributed by atoms with Crippen LogP contribution in [0.4, 0.5) is 5.69 Å². The summed E-state index contributed by atoms with van der Waals surface area (Å²) in [5.74, 6) is 0.930.